The van der Waals surface area contributed by atoms with E-state index < -0.39 is 17.6 Å². The largest absolute Gasteiger partial charge is 0.416 e. The second kappa shape index (κ2) is 8.03. The van der Waals surface area contributed by atoms with Gasteiger partial charge in [-0.3, -0.25) is 9.59 Å². The highest BCUT2D eigenvalue weighted by Gasteiger charge is 2.30. The summed E-state index contributed by atoms with van der Waals surface area (Å²) in [5.41, 5.74) is -0.153. The summed E-state index contributed by atoms with van der Waals surface area (Å²) in [6.45, 7) is 4.49. The first-order valence-electron chi connectivity index (χ1n) is 8.03. The Morgan fingerprint density at radius 1 is 0.962 bits per heavy atom. The molecule has 2 rings (SSSR count). The quantitative estimate of drug-likeness (QED) is 0.829. The van der Waals surface area contributed by atoms with Crippen LogP contribution in [0.25, 0.3) is 0 Å². The predicted octanol–water partition coefficient (Wildman–Crippen LogP) is 4.34. The van der Waals surface area contributed by atoms with Crippen molar-refractivity contribution in [3.63, 3.8) is 0 Å². The molecule has 138 valence electrons. The van der Waals surface area contributed by atoms with Crippen molar-refractivity contribution in [3.05, 3.63) is 65.2 Å². The molecule has 0 aliphatic rings. The highest BCUT2D eigenvalue weighted by atomic mass is 19.4. The Labute approximate surface area is 149 Å². The van der Waals surface area contributed by atoms with E-state index in [1.807, 2.05) is 13.8 Å². The van der Waals surface area contributed by atoms with Crippen LogP contribution in [0.2, 0.25) is 0 Å². The molecule has 0 atom stereocenters. The fourth-order valence-corrected chi connectivity index (χ4v) is 2.15. The van der Waals surface area contributed by atoms with Gasteiger partial charge in [0.2, 0.25) is 0 Å². The molecule has 2 N–H and O–H groups in total. The molecule has 2 aromatic rings. The normalized spacial score (nSPS) is 11.3. The van der Waals surface area contributed by atoms with E-state index in [1.165, 1.54) is 36.4 Å². The average molecular weight is 364 g/mol. The summed E-state index contributed by atoms with van der Waals surface area (Å²) in [5, 5.41) is 5.18. The number of rotatable bonds is 5. The van der Waals surface area contributed by atoms with Gasteiger partial charge >= 0.3 is 6.18 Å². The fraction of sp³-hybridized carbons (Fsp3) is 0.263. The molecule has 0 radical (unpaired) electrons. The zero-order chi connectivity index (χ0) is 19.3. The molecular weight excluding hydrogens is 345 g/mol. The first-order chi connectivity index (χ1) is 12.2. The van der Waals surface area contributed by atoms with Crippen molar-refractivity contribution in [2.75, 3.05) is 11.9 Å². The molecule has 0 aliphatic carbocycles. The summed E-state index contributed by atoms with van der Waals surface area (Å²) in [6, 6.07) is 10.3. The molecule has 2 aromatic carbocycles. The number of anilines is 1. The van der Waals surface area contributed by atoms with Crippen molar-refractivity contribution in [3.8, 4) is 0 Å². The van der Waals surface area contributed by atoms with Gasteiger partial charge in [-0.05, 0) is 48.4 Å². The van der Waals surface area contributed by atoms with E-state index in [4.69, 9.17) is 0 Å². The lowest BCUT2D eigenvalue weighted by molar-refractivity contribution is -0.137. The summed E-state index contributed by atoms with van der Waals surface area (Å²) in [7, 11) is 0. The Hall–Kier alpha value is -2.83. The molecule has 0 aromatic heterocycles. The van der Waals surface area contributed by atoms with Crippen LogP contribution in [0.15, 0.2) is 48.5 Å². The number of alkyl halides is 3. The maximum absolute atomic E-state index is 12.7. The molecule has 0 saturated heterocycles. The summed E-state index contributed by atoms with van der Waals surface area (Å²) >= 11 is 0. The van der Waals surface area contributed by atoms with Crippen molar-refractivity contribution < 1.29 is 22.8 Å². The van der Waals surface area contributed by atoms with Gasteiger partial charge in [-0.1, -0.05) is 19.9 Å². The molecular formula is C19H19F3N2O2. The number of nitrogens with one attached hydrogen (secondary N) is 2. The highest BCUT2D eigenvalue weighted by molar-refractivity contribution is 6.05. The van der Waals surface area contributed by atoms with Crippen molar-refractivity contribution in [2.45, 2.75) is 20.0 Å². The van der Waals surface area contributed by atoms with Gasteiger partial charge in [-0.2, -0.15) is 13.2 Å². The topological polar surface area (TPSA) is 58.2 Å². The Morgan fingerprint density at radius 3 is 2.08 bits per heavy atom. The summed E-state index contributed by atoms with van der Waals surface area (Å²) in [5.74, 6) is -0.488. The molecule has 0 bridgehead atoms. The summed E-state index contributed by atoms with van der Waals surface area (Å²) in [4.78, 5) is 24.1. The van der Waals surface area contributed by atoms with E-state index in [0.29, 0.717) is 18.0 Å². The average Bonchev–Trinajstić information content (AvgIpc) is 2.59. The van der Waals surface area contributed by atoms with E-state index in [-0.39, 0.29) is 17.2 Å². The molecule has 26 heavy (non-hydrogen) atoms. The number of benzene rings is 2. The summed E-state index contributed by atoms with van der Waals surface area (Å²) < 4.78 is 38.1. The lowest BCUT2D eigenvalue weighted by Gasteiger charge is -2.10. The maximum Gasteiger partial charge on any atom is 0.416 e. The van der Waals surface area contributed by atoms with Crippen LogP contribution in [0.4, 0.5) is 18.9 Å². The van der Waals surface area contributed by atoms with Gasteiger partial charge in [0.05, 0.1) is 5.56 Å². The van der Waals surface area contributed by atoms with Gasteiger partial charge in [-0.15, -0.1) is 0 Å². The van der Waals surface area contributed by atoms with Crippen molar-refractivity contribution in [1.29, 1.82) is 0 Å². The Balaban J connectivity index is 2.05. The van der Waals surface area contributed by atoms with E-state index in [0.717, 1.165) is 12.1 Å². The van der Waals surface area contributed by atoms with Gasteiger partial charge in [-0.25, -0.2) is 0 Å². The second-order valence-electron chi connectivity index (χ2n) is 6.21. The molecule has 0 heterocycles. The number of amides is 2. The van der Waals surface area contributed by atoms with Crippen molar-refractivity contribution in [2.24, 2.45) is 5.92 Å². The third-order valence-corrected chi connectivity index (χ3v) is 3.53. The third kappa shape index (κ3) is 5.34. The first-order valence-corrected chi connectivity index (χ1v) is 8.03. The standard InChI is InChI=1S/C19H19F3N2O2/c1-12(2)11-23-17(25)13-6-8-14(9-7-13)18(26)24-16-5-3-4-15(10-16)19(20,21)22/h3-10,12H,11H2,1-2H3,(H,23,25)(H,24,26). The van der Waals surface area contributed by atoms with E-state index in [1.54, 1.807) is 0 Å². The molecule has 7 heteroatoms. The molecule has 2 amide bonds. The second-order valence-corrected chi connectivity index (χ2v) is 6.21. The lowest BCUT2D eigenvalue weighted by atomic mass is 10.1. The monoisotopic (exact) mass is 364 g/mol. The number of carbonyl (C=O) groups excluding carboxylic acids is 2. The minimum absolute atomic E-state index is 0.0450. The van der Waals surface area contributed by atoms with E-state index in [9.17, 15) is 22.8 Å². The van der Waals surface area contributed by atoms with E-state index >= 15 is 0 Å². The van der Waals surface area contributed by atoms with Crippen LogP contribution >= 0.6 is 0 Å². The molecule has 0 saturated carbocycles. The number of hydrogen-bond acceptors (Lipinski definition) is 2. The molecule has 4 nitrogen and oxygen atoms in total. The number of carbonyl (C=O) groups is 2. The number of hydrogen-bond donors (Lipinski definition) is 2. The van der Waals surface area contributed by atoms with Crippen LogP contribution in [0.3, 0.4) is 0 Å². The van der Waals surface area contributed by atoms with Crippen LogP contribution in [0.5, 0.6) is 0 Å². The summed E-state index contributed by atoms with van der Waals surface area (Å²) in [6.07, 6.45) is -4.48. The molecule has 0 spiro atoms. The van der Waals surface area contributed by atoms with Gasteiger partial charge < -0.3 is 10.6 Å². The van der Waals surface area contributed by atoms with Crippen LogP contribution < -0.4 is 10.6 Å². The highest BCUT2D eigenvalue weighted by Crippen LogP contribution is 2.30. The lowest BCUT2D eigenvalue weighted by Crippen LogP contribution is -2.27. The smallest absolute Gasteiger partial charge is 0.352 e. The predicted molar refractivity (Wildman–Crippen MR) is 93.0 cm³/mol. The molecule has 0 aliphatic heterocycles. The SMILES string of the molecule is CC(C)CNC(=O)c1ccc(C(=O)Nc2cccc(C(F)(F)F)c2)cc1. The minimum Gasteiger partial charge on any atom is -0.352 e. The van der Waals surface area contributed by atoms with Crippen molar-refractivity contribution >= 4 is 17.5 Å². The van der Waals surface area contributed by atoms with E-state index in [2.05, 4.69) is 10.6 Å². The van der Waals surface area contributed by atoms with Crippen LogP contribution in [-0.4, -0.2) is 18.4 Å². The Bertz CT molecular complexity index is 784. The van der Waals surface area contributed by atoms with Gasteiger partial charge in [0.15, 0.2) is 0 Å². The third-order valence-electron chi connectivity index (χ3n) is 3.53. The first kappa shape index (κ1) is 19.5. The molecule has 0 unspecified atom stereocenters. The van der Waals surface area contributed by atoms with Crippen molar-refractivity contribution in [1.82, 2.24) is 5.32 Å². The van der Waals surface area contributed by atoms with Crippen LogP contribution in [0.1, 0.15) is 40.1 Å². The molecule has 0 fully saturated rings. The van der Waals surface area contributed by atoms with Gasteiger partial charge in [0, 0.05) is 23.4 Å². The zero-order valence-corrected chi connectivity index (χ0v) is 14.4. The van der Waals surface area contributed by atoms with Gasteiger partial charge in [0.25, 0.3) is 11.8 Å². The van der Waals surface area contributed by atoms with Crippen LogP contribution in [-0.2, 0) is 6.18 Å². The van der Waals surface area contributed by atoms with Gasteiger partial charge in [0.1, 0.15) is 0 Å². The zero-order valence-electron chi connectivity index (χ0n) is 14.4. The fourth-order valence-electron chi connectivity index (χ4n) is 2.15. The Kier molecular flexibility index (Phi) is 6.02. The minimum atomic E-state index is -4.48. The number of halogens is 3. The maximum atomic E-state index is 12.7. The van der Waals surface area contributed by atoms with Crippen LogP contribution in [0, 0.1) is 5.92 Å². The Morgan fingerprint density at radius 2 is 1.54 bits per heavy atom.